The molecule has 2 atom stereocenters. The lowest BCUT2D eigenvalue weighted by Crippen LogP contribution is -2.56. The topological polar surface area (TPSA) is 76.0 Å². The van der Waals surface area contributed by atoms with Crippen LogP contribution in [0.15, 0.2) is 41.5 Å². The average Bonchev–Trinajstić information content (AvgIpc) is 2.64. The monoisotopic (exact) mass is 434 g/mol. The summed E-state index contributed by atoms with van der Waals surface area (Å²) in [6.07, 6.45) is -0.700. The number of hydrogen-bond acceptors (Lipinski definition) is 5. The van der Waals surface area contributed by atoms with E-state index in [1.54, 1.807) is 24.3 Å². The minimum atomic E-state index is -2.01. The molecule has 0 amide bonds. The van der Waals surface area contributed by atoms with Crippen molar-refractivity contribution in [2.45, 2.75) is 77.8 Å². The third-order valence-electron chi connectivity index (χ3n) is 7.26. The number of aliphatic hydroxyl groups is 2. The lowest BCUT2D eigenvalue weighted by Gasteiger charge is -2.50. The van der Waals surface area contributed by atoms with Crippen LogP contribution in [0.25, 0.3) is 0 Å². The van der Waals surface area contributed by atoms with Gasteiger partial charge in [0.2, 0.25) is 0 Å². The Balaban J connectivity index is 2.23. The molecule has 1 aliphatic rings. The van der Waals surface area contributed by atoms with Gasteiger partial charge in [0.25, 0.3) is 0 Å². The smallest absolute Gasteiger partial charge is 0.338 e. The number of esters is 1. The number of carbonyl (C=O) groups excluding carboxylic acids is 1. The molecule has 0 saturated heterocycles. The van der Waals surface area contributed by atoms with Crippen molar-refractivity contribution >= 4 is 14.3 Å². The summed E-state index contributed by atoms with van der Waals surface area (Å²) in [6.45, 7) is 16.8. The third kappa shape index (κ3) is 4.88. The summed E-state index contributed by atoms with van der Waals surface area (Å²) in [6, 6.07) is 8.71. The molecule has 0 heterocycles. The molecule has 0 radical (unpaired) electrons. The standard InChI is InChI=1S/C24H38O5Si/c1-17-19(15-29-30(7,8)22(2,3)4)23(5,6)24(27,14-20(17)25)16-28-21(26)18-12-10-9-11-13-18/h9-13,20,25,27H,14-16H2,1-8H3/t20-,24+/m0/s1. The van der Waals surface area contributed by atoms with Crippen molar-refractivity contribution in [1.29, 1.82) is 0 Å². The van der Waals surface area contributed by atoms with Crippen molar-refractivity contribution in [2.75, 3.05) is 13.2 Å². The second-order valence-electron chi connectivity index (χ2n) is 10.5. The molecule has 30 heavy (non-hydrogen) atoms. The van der Waals surface area contributed by atoms with Gasteiger partial charge in [0.15, 0.2) is 8.32 Å². The van der Waals surface area contributed by atoms with Crippen LogP contribution in [0.3, 0.4) is 0 Å². The van der Waals surface area contributed by atoms with Crippen LogP contribution >= 0.6 is 0 Å². The maximum absolute atomic E-state index is 12.4. The van der Waals surface area contributed by atoms with E-state index in [-0.39, 0.29) is 18.1 Å². The molecule has 168 valence electrons. The SMILES string of the molecule is CC1=C(CO[Si](C)(C)C(C)(C)C)C(C)(C)[C@](O)(COC(=O)c2ccccc2)C[C@@H]1O. The number of benzene rings is 1. The summed E-state index contributed by atoms with van der Waals surface area (Å²) >= 11 is 0. The van der Waals surface area contributed by atoms with Gasteiger partial charge in [-0.2, -0.15) is 0 Å². The summed E-state index contributed by atoms with van der Waals surface area (Å²) in [5.74, 6) is -0.486. The van der Waals surface area contributed by atoms with Crippen LogP contribution in [0.5, 0.6) is 0 Å². The molecule has 0 aliphatic heterocycles. The van der Waals surface area contributed by atoms with Crippen LogP contribution in [-0.4, -0.2) is 49.4 Å². The Labute approximate surface area is 182 Å². The molecule has 6 heteroatoms. The Bertz CT molecular complexity index is 792. The van der Waals surface area contributed by atoms with Crippen LogP contribution in [0.4, 0.5) is 0 Å². The second-order valence-corrected chi connectivity index (χ2v) is 15.3. The first-order valence-corrected chi connectivity index (χ1v) is 13.5. The van der Waals surface area contributed by atoms with Crippen molar-refractivity contribution in [3.05, 3.63) is 47.0 Å². The number of ether oxygens (including phenoxy) is 1. The Kier molecular flexibility index (Phi) is 7.09. The first kappa shape index (κ1) is 24.8. The number of hydrogen-bond donors (Lipinski definition) is 2. The molecule has 0 fully saturated rings. The van der Waals surface area contributed by atoms with Gasteiger partial charge in [-0.25, -0.2) is 4.79 Å². The lowest BCUT2D eigenvalue weighted by atomic mass is 9.62. The van der Waals surface area contributed by atoms with E-state index in [4.69, 9.17) is 9.16 Å². The van der Waals surface area contributed by atoms with Gasteiger partial charge in [-0.15, -0.1) is 0 Å². The van der Waals surface area contributed by atoms with E-state index in [1.165, 1.54) is 0 Å². The molecule has 0 spiro atoms. The molecule has 5 nitrogen and oxygen atoms in total. The highest BCUT2D eigenvalue weighted by Crippen LogP contribution is 2.48. The Morgan fingerprint density at radius 3 is 2.30 bits per heavy atom. The predicted molar refractivity (Wildman–Crippen MR) is 122 cm³/mol. The maximum Gasteiger partial charge on any atom is 0.338 e. The first-order chi connectivity index (χ1) is 13.6. The van der Waals surface area contributed by atoms with Gasteiger partial charge in [0.05, 0.1) is 18.3 Å². The molecule has 1 aromatic rings. The average molecular weight is 435 g/mol. The van der Waals surface area contributed by atoms with E-state index in [1.807, 2.05) is 26.8 Å². The molecular weight excluding hydrogens is 396 g/mol. The molecule has 1 aliphatic carbocycles. The van der Waals surface area contributed by atoms with E-state index in [0.29, 0.717) is 12.2 Å². The zero-order valence-corrected chi connectivity index (χ0v) is 20.7. The fourth-order valence-corrected chi connectivity index (χ4v) is 4.49. The summed E-state index contributed by atoms with van der Waals surface area (Å²) in [4.78, 5) is 12.4. The molecule has 0 aromatic heterocycles. The van der Waals surface area contributed by atoms with Crippen LogP contribution in [0.1, 0.15) is 58.3 Å². The van der Waals surface area contributed by atoms with Gasteiger partial charge in [-0.3, -0.25) is 0 Å². The third-order valence-corrected chi connectivity index (χ3v) is 11.7. The lowest BCUT2D eigenvalue weighted by molar-refractivity contribution is -0.123. The van der Waals surface area contributed by atoms with Crippen molar-refractivity contribution in [1.82, 2.24) is 0 Å². The van der Waals surface area contributed by atoms with Gasteiger partial charge in [0, 0.05) is 11.8 Å². The zero-order chi connectivity index (χ0) is 23.0. The van der Waals surface area contributed by atoms with Crippen LogP contribution < -0.4 is 0 Å². The van der Waals surface area contributed by atoms with Crippen molar-refractivity contribution < 1.29 is 24.2 Å². The molecule has 1 aromatic carbocycles. The first-order valence-electron chi connectivity index (χ1n) is 10.6. The largest absolute Gasteiger partial charge is 0.459 e. The van der Waals surface area contributed by atoms with Crippen LogP contribution in [-0.2, 0) is 9.16 Å². The van der Waals surface area contributed by atoms with Gasteiger partial charge in [-0.05, 0) is 48.3 Å². The second kappa shape index (κ2) is 8.58. The maximum atomic E-state index is 12.4. The van der Waals surface area contributed by atoms with Gasteiger partial charge < -0.3 is 19.4 Å². The minimum absolute atomic E-state index is 0.0560. The van der Waals surface area contributed by atoms with Crippen molar-refractivity contribution in [3.63, 3.8) is 0 Å². The van der Waals surface area contributed by atoms with E-state index < -0.39 is 31.4 Å². The number of rotatable bonds is 6. The van der Waals surface area contributed by atoms with E-state index in [9.17, 15) is 15.0 Å². The summed E-state index contributed by atoms with van der Waals surface area (Å²) in [5.41, 5.74) is 0.0172. The fraction of sp³-hybridized carbons (Fsp3) is 0.625. The Morgan fingerprint density at radius 1 is 1.20 bits per heavy atom. The van der Waals surface area contributed by atoms with Crippen LogP contribution in [0, 0.1) is 5.41 Å². The van der Waals surface area contributed by atoms with Crippen molar-refractivity contribution in [3.8, 4) is 0 Å². The number of aliphatic hydroxyl groups excluding tert-OH is 1. The molecule has 0 unspecified atom stereocenters. The highest BCUT2D eigenvalue weighted by Gasteiger charge is 2.52. The van der Waals surface area contributed by atoms with E-state index in [2.05, 4.69) is 33.9 Å². The highest BCUT2D eigenvalue weighted by molar-refractivity contribution is 6.74. The molecule has 0 saturated carbocycles. The van der Waals surface area contributed by atoms with Gasteiger partial charge >= 0.3 is 5.97 Å². The fourth-order valence-electron chi connectivity index (χ4n) is 3.55. The van der Waals surface area contributed by atoms with Crippen molar-refractivity contribution in [2.24, 2.45) is 5.41 Å². The number of carbonyl (C=O) groups is 1. The molecular formula is C24H38O5Si. The van der Waals surface area contributed by atoms with E-state index in [0.717, 1.165) is 11.1 Å². The molecule has 2 N–H and O–H groups in total. The Morgan fingerprint density at radius 2 is 1.77 bits per heavy atom. The summed E-state index contributed by atoms with van der Waals surface area (Å²) < 4.78 is 11.9. The molecule has 2 rings (SSSR count). The zero-order valence-electron chi connectivity index (χ0n) is 19.7. The summed E-state index contributed by atoms with van der Waals surface area (Å²) in [5, 5.41) is 22.3. The van der Waals surface area contributed by atoms with Gasteiger partial charge in [-0.1, -0.05) is 52.8 Å². The normalized spacial score (nSPS) is 24.7. The molecule has 0 bridgehead atoms. The van der Waals surface area contributed by atoms with Gasteiger partial charge in [0.1, 0.15) is 12.2 Å². The van der Waals surface area contributed by atoms with E-state index >= 15 is 0 Å². The Hall–Kier alpha value is -1.47. The predicted octanol–water partition coefficient (Wildman–Crippen LogP) is 4.70. The quantitative estimate of drug-likeness (QED) is 0.385. The van der Waals surface area contributed by atoms with Crippen LogP contribution in [0.2, 0.25) is 18.1 Å². The minimum Gasteiger partial charge on any atom is -0.459 e. The summed E-state index contributed by atoms with van der Waals surface area (Å²) in [7, 11) is -2.01. The highest BCUT2D eigenvalue weighted by atomic mass is 28.4.